The molecule has 4 rings (SSSR count). The fraction of sp³-hybridized carbons (Fsp3) is 0.259. The molecule has 9 heteroatoms. The van der Waals surface area contributed by atoms with Gasteiger partial charge in [-0.2, -0.15) is 5.10 Å². The van der Waals surface area contributed by atoms with Gasteiger partial charge in [0.25, 0.3) is 5.91 Å². The standard InChI is InChI=1S/C27H28ClN5O3/c1-27(2,3)13-24(34)29-14-17-8-10-21(28)19(12-17)26(35)32-22-6-5-7-23-20(22)16-31-33(23)18-9-11-25(36-4)30-15-18/h5-12,15-16H,13-14H2,1-4H3,(H,29,34)(H,32,35). The fourth-order valence-corrected chi connectivity index (χ4v) is 3.98. The van der Waals surface area contributed by atoms with Gasteiger partial charge in [-0.3, -0.25) is 9.59 Å². The number of methoxy groups -OCH3 is 1. The van der Waals surface area contributed by atoms with Crippen molar-refractivity contribution in [2.45, 2.75) is 33.7 Å². The summed E-state index contributed by atoms with van der Waals surface area (Å²) in [5.74, 6) is 0.115. The van der Waals surface area contributed by atoms with Crippen LogP contribution < -0.4 is 15.4 Å². The van der Waals surface area contributed by atoms with Crippen molar-refractivity contribution in [2.75, 3.05) is 12.4 Å². The lowest BCUT2D eigenvalue weighted by Crippen LogP contribution is -2.27. The van der Waals surface area contributed by atoms with Crippen LogP contribution >= 0.6 is 11.6 Å². The Morgan fingerprint density at radius 3 is 2.58 bits per heavy atom. The van der Waals surface area contributed by atoms with E-state index in [4.69, 9.17) is 16.3 Å². The number of amides is 2. The largest absolute Gasteiger partial charge is 0.481 e. The number of hydrogen-bond donors (Lipinski definition) is 2. The average molecular weight is 506 g/mol. The molecule has 2 N–H and O–H groups in total. The average Bonchev–Trinajstić information content (AvgIpc) is 3.27. The highest BCUT2D eigenvalue weighted by molar-refractivity contribution is 6.34. The molecular formula is C27H28ClN5O3. The summed E-state index contributed by atoms with van der Waals surface area (Å²) >= 11 is 6.35. The second-order valence-electron chi connectivity index (χ2n) is 9.64. The Kier molecular flexibility index (Phi) is 7.26. The van der Waals surface area contributed by atoms with E-state index in [1.807, 2.05) is 45.0 Å². The van der Waals surface area contributed by atoms with E-state index < -0.39 is 0 Å². The molecule has 0 unspecified atom stereocenters. The number of anilines is 1. The van der Waals surface area contributed by atoms with E-state index in [-0.39, 0.29) is 17.2 Å². The zero-order valence-corrected chi connectivity index (χ0v) is 21.4. The highest BCUT2D eigenvalue weighted by Gasteiger charge is 2.17. The number of hydrogen-bond acceptors (Lipinski definition) is 5. The van der Waals surface area contributed by atoms with Gasteiger partial charge < -0.3 is 15.4 Å². The lowest BCUT2D eigenvalue weighted by molar-refractivity contribution is -0.122. The molecule has 0 atom stereocenters. The lowest BCUT2D eigenvalue weighted by atomic mass is 9.92. The maximum Gasteiger partial charge on any atom is 0.257 e. The topological polar surface area (TPSA) is 98.1 Å². The van der Waals surface area contributed by atoms with Crippen molar-refractivity contribution < 1.29 is 14.3 Å². The van der Waals surface area contributed by atoms with Crippen LogP contribution in [-0.2, 0) is 11.3 Å². The lowest BCUT2D eigenvalue weighted by Gasteiger charge is -2.17. The zero-order valence-electron chi connectivity index (χ0n) is 20.6. The molecule has 0 aliphatic rings. The number of benzene rings is 2. The van der Waals surface area contributed by atoms with Gasteiger partial charge >= 0.3 is 0 Å². The molecule has 2 heterocycles. The minimum Gasteiger partial charge on any atom is -0.481 e. The summed E-state index contributed by atoms with van der Waals surface area (Å²) in [6, 6.07) is 14.3. The quantitative estimate of drug-likeness (QED) is 0.351. The van der Waals surface area contributed by atoms with Gasteiger partial charge in [0, 0.05) is 24.4 Å². The Morgan fingerprint density at radius 2 is 1.89 bits per heavy atom. The summed E-state index contributed by atoms with van der Waals surface area (Å²) in [5.41, 5.74) is 3.17. The molecule has 0 aliphatic carbocycles. The second kappa shape index (κ2) is 10.4. The van der Waals surface area contributed by atoms with Gasteiger partial charge in [0.1, 0.15) is 0 Å². The van der Waals surface area contributed by atoms with E-state index >= 15 is 0 Å². The van der Waals surface area contributed by atoms with Crippen molar-refractivity contribution >= 4 is 40.0 Å². The number of ether oxygens (including phenoxy) is 1. The molecule has 0 saturated carbocycles. The SMILES string of the molecule is COc1ccc(-n2ncc3c(NC(=O)c4cc(CNC(=O)CC(C)(C)C)ccc4Cl)cccc32)cn1. The molecule has 0 fully saturated rings. The van der Waals surface area contributed by atoms with Crippen LogP contribution in [-0.4, -0.2) is 33.7 Å². The maximum atomic E-state index is 13.2. The van der Waals surface area contributed by atoms with Crippen LogP contribution in [0.15, 0.2) is 60.9 Å². The Balaban J connectivity index is 1.53. The third-order valence-corrected chi connectivity index (χ3v) is 5.82. The Labute approximate surface area is 214 Å². The third-order valence-electron chi connectivity index (χ3n) is 5.49. The number of halogens is 1. The van der Waals surface area contributed by atoms with Crippen LogP contribution in [0, 0.1) is 5.41 Å². The minimum atomic E-state index is -0.353. The van der Waals surface area contributed by atoms with Crippen molar-refractivity contribution in [2.24, 2.45) is 5.41 Å². The molecule has 2 aromatic carbocycles. The number of aromatic nitrogens is 3. The summed E-state index contributed by atoms with van der Waals surface area (Å²) in [4.78, 5) is 29.6. The van der Waals surface area contributed by atoms with E-state index in [1.54, 1.807) is 48.5 Å². The van der Waals surface area contributed by atoms with Gasteiger partial charge in [0.15, 0.2) is 0 Å². The maximum absolute atomic E-state index is 13.2. The molecule has 0 aliphatic heterocycles. The van der Waals surface area contributed by atoms with Crippen molar-refractivity contribution in [3.8, 4) is 11.6 Å². The summed E-state index contributed by atoms with van der Waals surface area (Å²) in [6.07, 6.45) is 3.78. The summed E-state index contributed by atoms with van der Waals surface area (Å²) in [7, 11) is 1.56. The van der Waals surface area contributed by atoms with Crippen LogP contribution in [0.3, 0.4) is 0 Å². The molecule has 36 heavy (non-hydrogen) atoms. The Bertz CT molecular complexity index is 1410. The number of rotatable bonds is 7. The predicted octanol–water partition coefficient (Wildman–Crippen LogP) is 5.39. The molecule has 2 amide bonds. The molecule has 186 valence electrons. The van der Waals surface area contributed by atoms with E-state index in [2.05, 4.69) is 20.7 Å². The predicted molar refractivity (Wildman–Crippen MR) is 141 cm³/mol. The smallest absolute Gasteiger partial charge is 0.257 e. The molecule has 2 aromatic heterocycles. The normalized spacial score (nSPS) is 11.4. The van der Waals surface area contributed by atoms with E-state index in [1.165, 1.54) is 0 Å². The van der Waals surface area contributed by atoms with Gasteiger partial charge in [0.05, 0.1) is 47.0 Å². The first-order valence-electron chi connectivity index (χ1n) is 11.5. The highest BCUT2D eigenvalue weighted by Crippen LogP contribution is 2.27. The number of carbonyl (C=O) groups is 2. The molecular weight excluding hydrogens is 478 g/mol. The Morgan fingerprint density at radius 1 is 1.08 bits per heavy atom. The summed E-state index contributed by atoms with van der Waals surface area (Å²) in [6.45, 7) is 6.34. The molecule has 0 saturated heterocycles. The molecule has 0 spiro atoms. The Hall–Kier alpha value is -3.91. The van der Waals surface area contributed by atoms with Crippen LogP contribution in [0.2, 0.25) is 5.02 Å². The van der Waals surface area contributed by atoms with Crippen molar-refractivity contribution in [3.63, 3.8) is 0 Å². The van der Waals surface area contributed by atoms with Gasteiger partial charge in [-0.1, -0.05) is 44.5 Å². The second-order valence-corrected chi connectivity index (χ2v) is 10.0. The first-order chi connectivity index (χ1) is 17.1. The molecule has 8 nitrogen and oxygen atoms in total. The van der Waals surface area contributed by atoms with Crippen LogP contribution in [0.4, 0.5) is 5.69 Å². The first-order valence-corrected chi connectivity index (χ1v) is 11.9. The van der Waals surface area contributed by atoms with Crippen molar-refractivity contribution in [1.29, 1.82) is 0 Å². The van der Waals surface area contributed by atoms with Gasteiger partial charge in [-0.15, -0.1) is 0 Å². The highest BCUT2D eigenvalue weighted by atomic mass is 35.5. The van der Waals surface area contributed by atoms with Crippen LogP contribution in [0.25, 0.3) is 16.6 Å². The minimum absolute atomic E-state index is 0.0424. The van der Waals surface area contributed by atoms with Crippen LogP contribution in [0.1, 0.15) is 43.1 Å². The molecule has 4 aromatic rings. The van der Waals surface area contributed by atoms with Crippen molar-refractivity contribution in [1.82, 2.24) is 20.1 Å². The number of carbonyl (C=O) groups excluding carboxylic acids is 2. The van der Waals surface area contributed by atoms with E-state index in [9.17, 15) is 9.59 Å². The number of pyridine rings is 1. The zero-order chi connectivity index (χ0) is 25.9. The van der Waals surface area contributed by atoms with Gasteiger partial charge in [-0.25, -0.2) is 9.67 Å². The summed E-state index contributed by atoms with van der Waals surface area (Å²) < 4.78 is 6.86. The third kappa shape index (κ3) is 5.83. The first kappa shape index (κ1) is 25.2. The fourth-order valence-electron chi connectivity index (χ4n) is 3.78. The molecule has 0 bridgehead atoms. The number of fused-ring (bicyclic) bond motifs is 1. The van der Waals surface area contributed by atoms with E-state index in [0.29, 0.717) is 35.1 Å². The van der Waals surface area contributed by atoms with Crippen molar-refractivity contribution in [3.05, 3.63) is 77.1 Å². The monoisotopic (exact) mass is 505 g/mol. The van der Waals surface area contributed by atoms with Crippen LogP contribution in [0.5, 0.6) is 5.88 Å². The molecule has 0 radical (unpaired) electrons. The van der Waals surface area contributed by atoms with Gasteiger partial charge in [0.2, 0.25) is 11.8 Å². The summed E-state index contributed by atoms with van der Waals surface area (Å²) in [5, 5.41) is 11.4. The number of nitrogens with one attached hydrogen (secondary N) is 2. The van der Waals surface area contributed by atoms with E-state index in [0.717, 1.165) is 22.2 Å². The number of nitrogens with zero attached hydrogens (tertiary/aromatic N) is 3. The van der Waals surface area contributed by atoms with Gasteiger partial charge in [-0.05, 0) is 41.3 Å².